The Balaban J connectivity index is 2.18. The van der Waals surface area contributed by atoms with E-state index in [4.69, 9.17) is 9.84 Å². The molecule has 1 saturated heterocycles. The van der Waals surface area contributed by atoms with Crippen LogP contribution in [-0.4, -0.2) is 67.7 Å². The third-order valence-electron chi connectivity index (χ3n) is 2.76. The van der Waals surface area contributed by atoms with Crippen LogP contribution in [0.15, 0.2) is 0 Å². The number of aliphatic hydroxyl groups is 1. The first-order chi connectivity index (χ1) is 7.93. The number of nitrogens with one attached hydrogen (secondary N) is 1. The molecule has 1 aliphatic rings. The van der Waals surface area contributed by atoms with Crippen molar-refractivity contribution in [2.75, 3.05) is 39.3 Å². The van der Waals surface area contributed by atoms with Gasteiger partial charge in [0.1, 0.15) is 0 Å². The lowest BCUT2D eigenvalue weighted by Crippen LogP contribution is -2.48. The summed E-state index contributed by atoms with van der Waals surface area (Å²) in [7, 11) is 0. The van der Waals surface area contributed by atoms with Crippen molar-refractivity contribution < 1.29 is 23.0 Å². The topological polar surface area (TPSA) is 44.7 Å². The van der Waals surface area contributed by atoms with E-state index in [9.17, 15) is 13.2 Å². The van der Waals surface area contributed by atoms with Gasteiger partial charge in [-0.25, -0.2) is 0 Å². The Hall–Kier alpha value is -0.370. The summed E-state index contributed by atoms with van der Waals surface area (Å²) in [5, 5.41) is 11.4. The molecule has 102 valence electrons. The number of hydrogen-bond donors (Lipinski definition) is 2. The van der Waals surface area contributed by atoms with Gasteiger partial charge in [0.05, 0.1) is 12.7 Å². The van der Waals surface area contributed by atoms with Gasteiger partial charge in [0.2, 0.25) is 0 Å². The Morgan fingerprint density at radius 1 is 1.53 bits per heavy atom. The zero-order valence-corrected chi connectivity index (χ0v) is 9.83. The Labute approximate surface area is 98.7 Å². The molecule has 4 nitrogen and oxygen atoms in total. The van der Waals surface area contributed by atoms with E-state index in [1.807, 2.05) is 6.92 Å². The molecule has 0 aromatic rings. The zero-order chi connectivity index (χ0) is 12.9. The summed E-state index contributed by atoms with van der Waals surface area (Å²) in [5.74, 6) is 0. The lowest BCUT2D eigenvalue weighted by atomic mass is 10.2. The van der Waals surface area contributed by atoms with Crippen molar-refractivity contribution in [3.05, 3.63) is 0 Å². The number of aliphatic hydroxyl groups excluding tert-OH is 1. The monoisotopic (exact) mass is 256 g/mol. The average Bonchev–Trinajstić information content (AvgIpc) is 2.28. The summed E-state index contributed by atoms with van der Waals surface area (Å²) in [4.78, 5) is 2.18. The molecule has 7 heteroatoms. The highest BCUT2D eigenvalue weighted by Gasteiger charge is 2.37. The van der Waals surface area contributed by atoms with E-state index in [2.05, 4.69) is 10.2 Å². The fourth-order valence-electron chi connectivity index (χ4n) is 1.69. The number of hydrogen-bond acceptors (Lipinski definition) is 4. The predicted octanol–water partition coefficient (Wildman–Crippen LogP) is 0.220. The largest absolute Gasteiger partial charge is 0.415 e. The fraction of sp³-hybridized carbons (Fsp3) is 1.00. The van der Waals surface area contributed by atoms with E-state index >= 15 is 0 Å². The number of alkyl halides is 3. The molecule has 1 heterocycles. The van der Waals surface area contributed by atoms with Gasteiger partial charge in [0.25, 0.3) is 0 Å². The molecule has 0 amide bonds. The van der Waals surface area contributed by atoms with E-state index < -0.39 is 18.8 Å². The Morgan fingerprint density at radius 2 is 2.24 bits per heavy atom. The van der Waals surface area contributed by atoms with Crippen LogP contribution in [0.4, 0.5) is 13.2 Å². The van der Waals surface area contributed by atoms with E-state index in [0.29, 0.717) is 19.7 Å². The molecule has 17 heavy (non-hydrogen) atoms. The van der Waals surface area contributed by atoms with Gasteiger partial charge in [-0.15, -0.1) is 0 Å². The number of halogens is 3. The zero-order valence-electron chi connectivity index (χ0n) is 9.83. The Morgan fingerprint density at radius 3 is 2.82 bits per heavy atom. The third-order valence-corrected chi connectivity index (χ3v) is 2.76. The molecule has 1 aliphatic heterocycles. The molecule has 2 atom stereocenters. The molecule has 2 N–H and O–H groups in total. The van der Waals surface area contributed by atoms with Crippen LogP contribution >= 0.6 is 0 Å². The molecule has 0 bridgehead atoms. The molecule has 0 aromatic heterocycles. The van der Waals surface area contributed by atoms with Crippen LogP contribution in [0.1, 0.15) is 6.92 Å². The number of morpholine rings is 1. The fourth-order valence-corrected chi connectivity index (χ4v) is 1.69. The second kappa shape index (κ2) is 6.53. The molecule has 0 aromatic carbocycles. The summed E-state index contributed by atoms with van der Waals surface area (Å²) in [6, 6.07) is 0. The standard InChI is InChI=1S/C10H19F3N2O2/c1-2-15-3-4-17-8(7-15)5-14-6-9(16)10(11,12)13/h8-9,14,16H,2-7H2,1H3. The highest BCUT2D eigenvalue weighted by Crippen LogP contribution is 2.19. The predicted molar refractivity (Wildman–Crippen MR) is 56.8 cm³/mol. The molecule has 0 saturated carbocycles. The molecule has 1 rings (SSSR count). The highest BCUT2D eigenvalue weighted by molar-refractivity contribution is 4.74. The lowest BCUT2D eigenvalue weighted by Gasteiger charge is -2.32. The van der Waals surface area contributed by atoms with Crippen molar-refractivity contribution in [3.63, 3.8) is 0 Å². The Bertz CT molecular complexity index is 226. The number of nitrogens with zero attached hydrogens (tertiary/aromatic N) is 1. The maximum Gasteiger partial charge on any atom is 0.415 e. The van der Waals surface area contributed by atoms with Crippen molar-refractivity contribution >= 4 is 0 Å². The minimum absolute atomic E-state index is 0.107. The van der Waals surface area contributed by atoms with Crippen molar-refractivity contribution in [3.8, 4) is 0 Å². The van der Waals surface area contributed by atoms with Gasteiger partial charge in [0.15, 0.2) is 6.10 Å². The maximum atomic E-state index is 12.0. The Kier molecular flexibility index (Phi) is 5.64. The normalized spacial score (nSPS) is 24.9. The smallest absolute Gasteiger partial charge is 0.382 e. The molecule has 0 spiro atoms. The molecular formula is C10H19F3N2O2. The SMILES string of the molecule is CCN1CCOC(CNCC(O)C(F)(F)F)C1. The van der Waals surface area contributed by atoms with Gasteiger partial charge in [-0.2, -0.15) is 13.2 Å². The van der Waals surface area contributed by atoms with Gasteiger partial charge in [0, 0.05) is 26.2 Å². The quantitative estimate of drug-likeness (QED) is 0.738. The van der Waals surface area contributed by atoms with Crippen LogP contribution in [0.5, 0.6) is 0 Å². The van der Waals surface area contributed by atoms with E-state index in [1.165, 1.54) is 0 Å². The molecule has 1 fully saturated rings. The third kappa shape index (κ3) is 5.20. The summed E-state index contributed by atoms with van der Waals surface area (Å²) in [6.07, 6.45) is -6.98. The number of likely N-dealkylation sites (N-methyl/N-ethyl adjacent to an activating group) is 1. The summed E-state index contributed by atoms with van der Waals surface area (Å²) in [6.45, 7) is 4.94. The first kappa shape index (κ1) is 14.7. The first-order valence-electron chi connectivity index (χ1n) is 5.73. The van der Waals surface area contributed by atoms with Crippen LogP contribution < -0.4 is 5.32 Å². The van der Waals surface area contributed by atoms with Crippen molar-refractivity contribution in [1.82, 2.24) is 10.2 Å². The minimum atomic E-state index is -4.56. The molecule has 2 unspecified atom stereocenters. The minimum Gasteiger partial charge on any atom is -0.382 e. The molecular weight excluding hydrogens is 237 g/mol. The van der Waals surface area contributed by atoms with Crippen molar-refractivity contribution in [2.24, 2.45) is 0 Å². The van der Waals surface area contributed by atoms with E-state index in [1.54, 1.807) is 0 Å². The van der Waals surface area contributed by atoms with Gasteiger partial charge in [-0.1, -0.05) is 6.92 Å². The lowest BCUT2D eigenvalue weighted by molar-refractivity contribution is -0.202. The summed E-state index contributed by atoms with van der Waals surface area (Å²) in [5.41, 5.74) is 0. The summed E-state index contributed by atoms with van der Waals surface area (Å²) < 4.78 is 41.4. The average molecular weight is 256 g/mol. The second-order valence-corrected chi connectivity index (χ2v) is 4.10. The van der Waals surface area contributed by atoms with Gasteiger partial charge in [-0.3, -0.25) is 4.90 Å². The first-order valence-corrected chi connectivity index (χ1v) is 5.73. The van der Waals surface area contributed by atoms with Crippen LogP contribution in [0.25, 0.3) is 0 Å². The van der Waals surface area contributed by atoms with Crippen LogP contribution in [0.2, 0.25) is 0 Å². The second-order valence-electron chi connectivity index (χ2n) is 4.10. The molecule has 0 aliphatic carbocycles. The van der Waals surface area contributed by atoms with Crippen molar-refractivity contribution in [1.29, 1.82) is 0 Å². The van der Waals surface area contributed by atoms with Crippen molar-refractivity contribution in [2.45, 2.75) is 25.3 Å². The van der Waals surface area contributed by atoms with Crippen LogP contribution in [0.3, 0.4) is 0 Å². The van der Waals surface area contributed by atoms with Crippen LogP contribution in [0, 0.1) is 0 Å². The maximum absolute atomic E-state index is 12.0. The summed E-state index contributed by atoms with van der Waals surface area (Å²) >= 11 is 0. The number of ether oxygens (including phenoxy) is 1. The highest BCUT2D eigenvalue weighted by atomic mass is 19.4. The van der Waals surface area contributed by atoms with Crippen LogP contribution in [-0.2, 0) is 4.74 Å². The van der Waals surface area contributed by atoms with Gasteiger partial charge >= 0.3 is 6.18 Å². The van der Waals surface area contributed by atoms with Gasteiger partial charge < -0.3 is 15.2 Å². The van der Waals surface area contributed by atoms with Gasteiger partial charge in [-0.05, 0) is 6.54 Å². The molecule has 0 radical (unpaired) electrons. The van der Waals surface area contributed by atoms with E-state index in [-0.39, 0.29) is 6.10 Å². The van der Waals surface area contributed by atoms with E-state index in [0.717, 1.165) is 13.1 Å². The number of rotatable bonds is 5.